The Hall–Kier alpha value is -2.76. The molecular weight excluding hydrogens is 336 g/mol. The van der Waals surface area contributed by atoms with Crippen molar-refractivity contribution in [3.05, 3.63) is 66.0 Å². The summed E-state index contributed by atoms with van der Waals surface area (Å²) in [6.07, 6.45) is 5.70. The maximum atomic E-state index is 4.62. The molecule has 0 N–H and O–H groups in total. The molecule has 6 heteroatoms. The fourth-order valence-corrected chi connectivity index (χ4v) is 3.78. The largest absolute Gasteiger partial charge is 0.341 e. The fourth-order valence-electron chi connectivity index (χ4n) is 3.78. The molecule has 0 spiro atoms. The van der Waals surface area contributed by atoms with Crippen molar-refractivity contribution in [3.63, 3.8) is 0 Å². The Morgan fingerprint density at radius 2 is 1.67 bits per heavy atom. The van der Waals surface area contributed by atoms with Crippen molar-refractivity contribution in [2.75, 3.05) is 18.0 Å². The summed E-state index contributed by atoms with van der Waals surface area (Å²) in [7, 11) is 0. The highest BCUT2D eigenvalue weighted by molar-refractivity contribution is 5.30. The Bertz CT molecular complexity index is 851. The summed E-state index contributed by atoms with van der Waals surface area (Å²) in [5.74, 6) is 3.80. The second-order valence-corrected chi connectivity index (χ2v) is 7.45. The van der Waals surface area contributed by atoms with E-state index in [1.54, 1.807) is 12.4 Å². The third-order valence-corrected chi connectivity index (χ3v) is 5.20. The molecule has 1 saturated heterocycles. The zero-order chi connectivity index (χ0) is 18.6. The Morgan fingerprint density at radius 1 is 0.963 bits per heavy atom. The first kappa shape index (κ1) is 17.6. The fraction of sp³-hybridized carbons (Fsp3) is 0.429. The number of rotatable bonds is 5. The Kier molecular flexibility index (Phi) is 5.14. The van der Waals surface area contributed by atoms with E-state index in [-0.39, 0.29) is 0 Å². The number of piperidine rings is 1. The Labute approximate surface area is 160 Å². The number of aromatic nitrogens is 5. The number of hydrogen-bond donors (Lipinski definition) is 0. The van der Waals surface area contributed by atoms with E-state index in [0.717, 1.165) is 50.1 Å². The van der Waals surface area contributed by atoms with Gasteiger partial charge in [0.15, 0.2) is 0 Å². The second kappa shape index (κ2) is 7.86. The van der Waals surface area contributed by atoms with Crippen LogP contribution in [0.15, 0.2) is 48.8 Å². The molecule has 4 rings (SSSR count). The van der Waals surface area contributed by atoms with Crippen LogP contribution in [0.25, 0.3) is 0 Å². The smallest absolute Gasteiger partial charge is 0.225 e. The molecule has 6 nitrogen and oxygen atoms in total. The minimum atomic E-state index is 0.354. The molecule has 0 bridgehead atoms. The van der Waals surface area contributed by atoms with E-state index >= 15 is 0 Å². The standard InChI is InChI=1S/C21H26N6/c1-16(2)19-24-25-20(27(19)15-17-7-4-3-5-8-17)18-9-13-26(14-10-18)21-22-11-6-12-23-21/h3-8,11-12,16,18H,9-10,13-15H2,1-2H3. The van der Waals surface area contributed by atoms with Crippen LogP contribution >= 0.6 is 0 Å². The van der Waals surface area contributed by atoms with Gasteiger partial charge in [-0.15, -0.1) is 10.2 Å². The molecule has 140 valence electrons. The van der Waals surface area contributed by atoms with Gasteiger partial charge >= 0.3 is 0 Å². The monoisotopic (exact) mass is 362 g/mol. The summed E-state index contributed by atoms with van der Waals surface area (Å²) in [5, 5.41) is 9.16. The van der Waals surface area contributed by atoms with Gasteiger partial charge in [-0.3, -0.25) is 0 Å². The molecule has 0 amide bonds. The van der Waals surface area contributed by atoms with Crippen LogP contribution in [0.2, 0.25) is 0 Å². The van der Waals surface area contributed by atoms with Crippen molar-refractivity contribution in [1.29, 1.82) is 0 Å². The third kappa shape index (κ3) is 3.84. The molecule has 27 heavy (non-hydrogen) atoms. The molecule has 1 aromatic carbocycles. The third-order valence-electron chi connectivity index (χ3n) is 5.20. The topological polar surface area (TPSA) is 59.7 Å². The van der Waals surface area contributed by atoms with Gasteiger partial charge in [-0.05, 0) is 24.5 Å². The van der Waals surface area contributed by atoms with Crippen LogP contribution in [0.4, 0.5) is 5.95 Å². The highest BCUT2D eigenvalue weighted by Gasteiger charge is 2.27. The van der Waals surface area contributed by atoms with E-state index in [1.165, 1.54) is 5.56 Å². The minimum absolute atomic E-state index is 0.354. The lowest BCUT2D eigenvalue weighted by atomic mass is 9.95. The maximum Gasteiger partial charge on any atom is 0.225 e. The predicted octanol–water partition coefficient (Wildman–Crippen LogP) is 3.62. The lowest BCUT2D eigenvalue weighted by Crippen LogP contribution is -2.35. The average molecular weight is 362 g/mol. The summed E-state index contributed by atoms with van der Waals surface area (Å²) in [6, 6.07) is 12.4. The first-order valence-electron chi connectivity index (χ1n) is 9.71. The van der Waals surface area contributed by atoms with Gasteiger partial charge in [-0.25, -0.2) is 9.97 Å². The second-order valence-electron chi connectivity index (χ2n) is 7.45. The van der Waals surface area contributed by atoms with E-state index in [9.17, 15) is 0 Å². The predicted molar refractivity (Wildman–Crippen MR) is 106 cm³/mol. The van der Waals surface area contributed by atoms with Crippen molar-refractivity contribution in [2.45, 2.75) is 45.1 Å². The summed E-state index contributed by atoms with van der Waals surface area (Å²) >= 11 is 0. The van der Waals surface area contributed by atoms with Crippen molar-refractivity contribution in [2.24, 2.45) is 0 Å². The van der Waals surface area contributed by atoms with Crippen LogP contribution in [0, 0.1) is 0 Å². The molecule has 3 heterocycles. The van der Waals surface area contributed by atoms with Crippen molar-refractivity contribution in [1.82, 2.24) is 24.7 Å². The molecule has 0 unspecified atom stereocenters. The van der Waals surface area contributed by atoms with E-state index < -0.39 is 0 Å². The van der Waals surface area contributed by atoms with Gasteiger partial charge in [-0.1, -0.05) is 44.2 Å². The van der Waals surface area contributed by atoms with Gasteiger partial charge in [0.1, 0.15) is 11.6 Å². The molecule has 0 atom stereocenters. The average Bonchev–Trinajstić information content (AvgIpc) is 3.13. The van der Waals surface area contributed by atoms with Gasteiger partial charge < -0.3 is 9.47 Å². The Balaban J connectivity index is 1.54. The summed E-state index contributed by atoms with van der Waals surface area (Å²) in [4.78, 5) is 11.0. The van der Waals surface area contributed by atoms with Crippen LogP contribution in [0.5, 0.6) is 0 Å². The number of nitrogens with zero attached hydrogens (tertiary/aromatic N) is 6. The van der Waals surface area contributed by atoms with Gasteiger partial charge in [-0.2, -0.15) is 0 Å². The SMILES string of the molecule is CC(C)c1nnc(C2CCN(c3ncccn3)CC2)n1Cc1ccccc1. The van der Waals surface area contributed by atoms with Crippen LogP contribution in [0.1, 0.15) is 55.7 Å². The zero-order valence-corrected chi connectivity index (χ0v) is 16.0. The van der Waals surface area contributed by atoms with Crippen LogP contribution in [-0.2, 0) is 6.54 Å². The number of benzene rings is 1. The van der Waals surface area contributed by atoms with Crippen molar-refractivity contribution in [3.8, 4) is 0 Å². The molecule has 3 aromatic rings. The molecule has 0 saturated carbocycles. The molecule has 1 fully saturated rings. The van der Waals surface area contributed by atoms with Crippen LogP contribution in [0.3, 0.4) is 0 Å². The lowest BCUT2D eigenvalue weighted by Gasteiger charge is -2.31. The van der Waals surface area contributed by atoms with Gasteiger partial charge in [0, 0.05) is 37.3 Å². The molecule has 0 aliphatic carbocycles. The van der Waals surface area contributed by atoms with Gasteiger partial charge in [0.2, 0.25) is 5.95 Å². The quantitative estimate of drug-likeness (QED) is 0.694. The van der Waals surface area contributed by atoms with Gasteiger partial charge in [0.05, 0.1) is 6.54 Å². The summed E-state index contributed by atoms with van der Waals surface area (Å²) in [5.41, 5.74) is 1.29. The zero-order valence-electron chi connectivity index (χ0n) is 16.0. The molecule has 1 aliphatic heterocycles. The number of anilines is 1. The highest BCUT2D eigenvalue weighted by Crippen LogP contribution is 2.30. The van der Waals surface area contributed by atoms with E-state index in [0.29, 0.717) is 11.8 Å². The first-order chi connectivity index (χ1) is 13.2. The van der Waals surface area contributed by atoms with Crippen molar-refractivity contribution >= 4 is 5.95 Å². The molecule has 2 aromatic heterocycles. The van der Waals surface area contributed by atoms with E-state index in [1.807, 2.05) is 6.07 Å². The molecule has 0 radical (unpaired) electrons. The minimum Gasteiger partial charge on any atom is -0.341 e. The van der Waals surface area contributed by atoms with E-state index in [4.69, 9.17) is 0 Å². The van der Waals surface area contributed by atoms with E-state index in [2.05, 4.69) is 73.8 Å². The Morgan fingerprint density at radius 3 is 2.33 bits per heavy atom. The lowest BCUT2D eigenvalue weighted by molar-refractivity contribution is 0.462. The first-order valence-corrected chi connectivity index (χ1v) is 9.71. The summed E-state index contributed by atoms with van der Waals surface area (Å²) < 4.78 is 2.33. The normalized spacial score (nSPS) is 15.4. The van der Waals surface area contributed by atoms with Crippen LogP contribution < -0.4 is 4.90 Å². The van der Waals surface area contributed by atoms with Crippen molar-refractivity contribution < 1.29 is 0 Å². The molecular formula is C21H26N6. The number of hydrogen-bond acceptors (Lipinski definition) is 5. The maximum absolute atomic E-state index is 4.62. The van der Waals surface area contributed by atoms with Gasteiger partial charge in [0.25, 0.3) is 0 Å². The highest BCUT2D eigenvalue weighted by atomic mass is 15.3. The molecule has 1 aliphatic rings. The summed E-state index contributed by atoms with van der Waals surface area (Å²) in [6.45, 7) is 7.10. The van der Waals surface area contributed by atoms with Crippen LogP contribution in [-0.4, -0.2) is 37.8 Å².